The number of fused-ring (bicyclic) bond motifs is 1. The fourth-order valence-corrected chi connectivity index (χ4v) is 2.31. The third-order valence-electron chi connectivity index (χ3n) is 3.32. The van der Waals surface area contributed by atoms with Gasteiger partial charge in [-0.1, -0.05) is 6.07 Å². The first kappa shape index (κ1) is 9.94. The Kier molecular flexibility index (Phi) is 2.06. The Hall–Kier alpha value is -2.04. The van der Waals surface area contributed by atoms with Crippen molar-refractivity contribution >= 4 is 0 Å². The van der Waals surface area contributed by atoms with Crippen LogP contribution < -0.4 is 9.47 Å². The molecule has 0 bridgehead atoms. The molecule has 2 heterocycles. The van der Waals surface area contributed by atoms with Gasteiger partial charge in [-0.2, -0.15) is 0 Å². The molecule has 2 aliphatic rings. The first-order valence-electron chi connectivity index (χ1n) is 6.22. The summed E-state index contributed by atoms with van der Waals surface area (Å²) < 4.78 is 13.5. The van der Waals surface area contributed by atoms with E-state index in [1.54, 1.807) is 6.33 Å². The molecule has 0 atom stereocenters. The molecule has 0 unspecified atom stereocenters. The van der Waals surface area contributed by atoms with Gasteiger partial charge >= 0.3 is 0 Å². The van der Waals surface area contributed by atoms with Gasteiger partial charge in [0.05, 0.1) is 5.56 Å². The number of hydrogen-bond donors (Lipinski definition) is 0. The molecule has 1 aliphatic heterocycles. The highest BCUT2D eigenvalue weighted by Gasteiger charge is 2.28. The van der Waals surface area contributed by atoms with Gasteiger partial charge in [0, 0.05) is 6.04 Å². The second kappa shape index (κ2) is 3.73. The number of nitrogens with zero attached hydrogens (tertiary/aromatic N) is 3. The summed E-state index contributed by atoms with van der Waals surface area (Å²) >= 11 is 0. The molecule has 2 aromatic rings. The highest BCUT2D eigenvalue weighted by Crippen LogP contribution is 2.42. The molecule has 1 fully saturated rings. The Balaban J connectivity index is 1.86. The van der Waals surface area contributed by atoms with Crippen LogP contribution in [0.1, 0.15) is 18.9 Å². The molecule has 0 saturated heterocycles. The van der Waals surface area contributed by atoms with Crippen LogP contribution in [-0.2, 0) is 0 Å². The number of aromatic nitrogens is 3. The maximum absolute atomic E-state index is 5.73. The van der Waals surface area contributed by atoms with E-state index < -0.39 is 0 Å². The standard InChI is InChI=1S/C13H13N3O2/c1-2-10(12-11(3-1)17-6-7-18-12)13-15-14-8-16(13)9-4-5-9/h1-3,8-9H,4-7H2. The Morgan fingerprint density at radius 1 is 1.17 bits per heavy atom. The zero-order valence-corrected chi connectivity index (χ0v) is 9.87. The molecule has 1 aromatic carbocycles. The molecule has 1 aromatic heterocycles. The summed E-state index contributed by atoms with van der Waals surface area (Å²) in [6.07, 6.45) is 4.21. The number of rotatable bonds is 2. The minimum absolute atomic E-state index is 0.551. The van der Waals surface area contributed by atoms with E-state index in [2.05, 4.69) is 14.8 Å². The van der Waals surface area contributed by atoms with Crippen LogP contribution >= 0.6 is 0 Å². The number of benzene rings is 1. The highest BCUT2D eigenvalue weighted by atomic mass is 16.6. The van der Waals surface area contributed by atoms with E-state index in [1.807, 2.05) is 18.2 Å². The second-order valence-corrected chi connectivity index (χ2v) is 4.62. The maximum atomic E-state index is 5.73. The van der Waals surface area contributed by atoms with Gasteiger partial charge < -0.3 is 14.0 Å². The molecule has 0 N–H and O–H groups in total. The van der Waals surface area contributed by atoms with E-state index in [0.717, 1.165) is 22.9 Å². The lowest BCUT2D eigenvalue weighted by molar-refractivity contribution is 0.172. The zero-order valence-electron chi connectivity index (χ0n) is 9.87. The molecule has 5 nitrogen and oxygen atoms in total. The third-order valence-corrected chi connectivity index (χ3v) is 3.32. The van der Waals surface area contributed by atoms with E-state index in [-0.39, 0.29) is 0 Å². The molecular weight excluding hydrogens is 230 g/mol. The topological polar surface area (TPSA) is 49.2 Å². The van der Waals surface area contributed by atoms with Crippen LogP contribution in [0.2, 0.25) is 0 Å². The van der Waals surface area contributed by atoms with Gasteiger partial charge in [0.15, 0.2) is 17.3 Å². The summed E-state index contributed by atoms with van der Waals surface area (Å²) in [7, 11) is 0. The number of para-hydroxylation sites is 1. The first-order valence-corrected chi connectivity index (χ1v) is 6.22. The quantitative estimate of drug-likeness (QED) is 0.810. The zero-order chi connectivity index (χ0) is 11.9. The lowest BCUT2D eigenvalue weighted by Crippen LogP contribution is -2.16. The summed E-state index contributed by atoms with van der Waals surface area (Å²) in [5.74, 6) is 2.46. The van der Waals surface area contributed by atoms with E-state index in [4.69, 9.17) is 9.47 Å². The van der Waals surface area contributed by atoms with Gasteiger partial charge in [-0.15, -0.1) is 10.2 Å². The van der Waals surface area contributed by atoms with E-state index >= 15 is 0 Å². The Bertz CT molecular complexity index is 590. The minimum Gasteiger partial charge on any atom is -0.486 e. The highest BCUT2D eigenvalue weighted by molar-refractivity contribution is 5.69. The monoisotopic (exact) mass is 243 g/mol. The van der Waals surface area contributed by atoms with Gasteiger partial charge in [0.25, 0.3) is 0 Å². The predicted molar refractivity (Wildman–Crippen MR) is 64.7 cm³/mol. The van der Waals surface area contributed by atoms with Crippen molar-refractivity contribution in [1.82, 2.24) is 14.8 Å². The average Bonchev–Trinajstić information content (AvgIpc) is 3.16. The van der Waals surface area contributed by atoms with Crippen molar-refractivity contribution in [2.24, 2.45) is 0 Å². The van der Waals surface area contributed by atoms with Crippen molar-refractivity contribution in [1.29, 1.82) is 0 Å². The maximum Gasteiger partial charge on any atom is 0.172 e. The molecule has 1 aliphatic carbocycles. The fraction of sp³-hybridized carbons (Fsp3) is 0.385. The van der Waals surface area contributed by atoms with Crippen molar-refractivity contribution in [3.63, 3.8) is 0 Å². The molecule has 1 saturated carbocycles. The van der Waals surface area contributed by atoms with E-state index in [0.29, 0.717) is 19.3 Å². The van der Waals surface area contributed by atoms with Crippen LogP contribution in [-0.4, -0.2) is 28.0 Å². The molecular formula is C13H13N3O2. The van der Waals surface area contributed by atoms with Crippen LogP contribution in [0.3, 0.4) is 0 Å². The van der Waals surface area contributed by atoms with Gasteiger partial charge in [-0.25, -0.2) is 0 Å². The molecule has 92 valence electrons. The molecule has 5 heteroatoms. The van der Waals surface area contributed by atoms with Gasteiger partial charge in [0.2, 0.25) is 0 Å². The van der Waals surface area contributed by atoms with Crippen molar-refractivity contribution in [2.75, 3.05) is 13.2 Å². The number of hydrogen-bond acceptors (Lipinski definition) is 4. The van der Waals surface area contributed by atoms with Crippen molar-refractivity contribution < 1.29 is 9.47 Å². The van der Waals surface area contributed by atoms with Crippen LogP contribution in [0, 0.1) is 0 Å². The van der Waals surface area contributed by atoms with Crippen molar-refractivity contribution in [2.45, 2.75) is 18.9 Å². The molecule has 4 rings (SSSR count). The lowest BCUT2D eigenvalue weighted by atomic mass is 10.1. The summed E-state index contributed by atoms with van der Waals surface area (Å²) in [5, 5.41) is 8.26. The molecule has 0 radical (unpaired) electrons. The molecule has 0 amide bonds. The lowest BCUT2D eigenvalue weighted by Gasteiger charge is -2.20. The molecule has 0 spiro atoms. The summed E-state index contributed by atoms with van der Waals surface area (Å²) in [4.78, 5) is 0. The summed E-state index contributed by atoms with van der Waals surface area (Å²) in [6, 6.07) is 6.46. The van der Waals surface area contributed by atoms with Crippen LogP contribution in [0.15, 0.2) is 24.5 Å². The second-order valence-electron chi connectivity index (χ2n) is 4.62. The van der Waals surface area contributed by atoms with Crippen LogP contribution in [0.4, 0.5) is 0 Å². The average molecular weight is 243 g/mol. The van der Waals surface area contributed by atoms with Gasteiger partial charge in [0.1, 0.15) is 19.5 Å². The largest absolute Gasteiger partial charge is 0.486 e. The summed E-state index contributed by atoms with van der Waals surface area (Å²) in [6.45, 7) is 1.19. The molecule has 18 heavy (non-hydrogen) atoms. The van der Waals surface area contributed by atoms with Crippen molar-refractivity contribution in [3.8, 4) is 22.9 Å². The van der Waals surface area contributed by atoms with E-state index in [1.165, 1.54) is 12.8 Å². The first-order chi connectivity index (χ1) is 8.93. The van der Waals surface area contributed by atoms with Gasteiger partial charge in [-0.05, 0) is 25.0 Å². The Morgan fingerprint density at radius 2 is 2.06 bits per heavy atom. The fourth-order valence-electron chi connectivity index (χ4n) is 2.31. The van der Waals surface area contributed by atoms with Crippen LogP contribution in [0.25, 0.3) is 11.4 Å². The Morgan fingerprint density at radius 3 is 2.94 bits per heavy atom. The SMILES string of the molecule is c1cc2c(c(-c3nncn3C3CC3)c1)OCCO2. The normalized spacial score (nSPS) is 17.8. The number of ether oxygens (including phenoxy) is 2. The smallest absolute Gasteiger partial charge is 0.172 e. The predicted octanol–water partition coefficient (Wildman–Crippen LogP) is 2.05. The third kappa shape index (κ3) is 1.47. The summed E-state index contributed by atoms with van der Waals surface area (Å²) in [5.41, 5.74) is 0.969. The van der Waals surface area contributed by atoms with Gasteiger partial charge in [-0.3, -0.25) is 0 Å². The van der Waals surface area contributed by atoms with Crippen molar-refractivity contribution in [3.05, 3.63) is 24.5 Å². The van der Waals surface area contributed by atoms with Crippen LogP contribution in [0.5, 0.6) is 11.5 Å². The minimum atomic E-state index is 0.551. The van der Waals surface area contributed by atoms with E-state index in [9.17, 15) is 0 Å². The Labute approximate surface area is 104 Å².